The lowest BCUT2D eigenvalue weighted by atomic mass is 9.87. The second kappa shape index (κ2) is 5.55. The van der Waals surface area contributed by atoms with Gasteiger partial charge in [-0.2, -0.15) is 0 Å². The van der Waals surface area contributed by atoms with Gasteiger partial charge < -0.3 is 19.4 Å². The number of methoxy groups -OCH3 is 1. The molecule has 0 aromatic rings. The first-order chi connectivity index (χ1) is 9.34. The van der Waals surface area contributed by atoms with Crippen molar-refractivity contribution in [1.29, 1.82) is 0 Å². The maximum atomic E-state index is 12.0. The van der Waals surface area contributed by atoms with Crippen molar-refractivity contribution in [2.24, 2.45) is 0 Å². The Balaban J connectivity index is 3.19. The average Bonchev–Trinajstić information content (AvgIpc) is 2.32. The molecule has 0 fully saturated rings. The zero-order chi connectivity index (χ0) is 16.6. The van der Waals surface area contributed by atoms with Gasteiger partial charge in [-0.3, -0.25) is 4.79 Å². The lowest BCUT2D eigenvalue weighted by Gasteiger charge is -2.39. The first-order valence-electron chi connectivity index (χ1n) is 6.79. The molecule has 0 aromatic carbocycles. The van der Waals surface area contributed by atoms with E-state index in [0.29, 0.717) is 0 Å². The summed E-state index contributed by atoms with van der Waals surface area (Å²) in [5.74, 6) is -1.70. The summed E-state index contributed by atoms with van der Waals surface area (Å²) in [6, 6.07) is 0. The van der Waals surface area contributed by atoms with Crippen molar-refractivity contribution in [2.75, 3.05) is 7.11 Å². The van der Waals surface area contributed by atoms with Crippen molar-refractivity contribution in [1.82, 2.24) is 0 Å². The standard InChI is InChI=1S/C14H24O6Si/c1-13(2,3)21(5,6)20-10-8-14(18,12(17)19-4)7-9(15)11(10)16/h8-9,15,18H,7H2,1-6H3/t9-,14-/m1/s1. The molecule has 0 spiro atoms. The van der Waals surface area contributed by atoms with E-state index in [1.165, 1.54) is 0 Å². The number of hydrogen-bond acceptors (Lipinski definition) is 6. The highest BCUT2D eigenvalue weighted by Gasteiger charge is 2.48. The monoisotopic (exact) mass is 316 g/mol. The van der Waals surface area contributed by atoms with Crippen molar-refractivity contribution < 1.29 is 29.0 Å². The third kappa shape index (κ3) is 3.53. The molecule has 0 aliphatic heterocycles. The number of aliphatic hydroxyl groups is 2. The second-order valence-electron chi connectivity index (χ2n) is 6.87. The van der Waals surface area contributed by atoms with E-state index in [9.17, 15) is 19.8 Å². The summed E-state index contributed by atoms with van der Waals surface area (Å²) in [6.45, 7) is 9.85. The zero-order valence-corrected chi connectivity index (χ0v) is 14.4. The van der Waals surface area contributed by atoms with Crippen LogP contribution in [-0.4, -0.2) is 49.1 Å². The van der Waals surface area contributed by atoms with Crippen molar-refractivity contribution >= 4 is 20.1 Å². The molecule has 7 heteroatoms. The molecule has 120 valence electrons. The van der Waals surface area contributed by atoms with E-state index in [-0.39, 0.29) is 10.8 Å². The summed E-state index contributed by atoms with van der Waals surface area (Å²) in [5, 5.41) is 19.9. The predicted molar refractivity (Wildman–Crippen MR) is 79.0 cm³/mol. The summed E-state index contributed by atoms with van der Waals surface area (Å²) < 4.78 is 10.4. The molecule has 21 heavy (non-hydrogen) atoms. The number of carbonyl (C=O) groups excluding carboxylic acids is 2. The van der Waals surface area contributed by atoms with Crippen LogP contribution in [0, 0.1) is 0 Å². The minimum atomic E-state index is -2.33. The fourth-order valence-electron chi connectivity index (χ4n) is 1.73. The maximum Gasteiger partial charge on any atom is 0.342 e. The highest BCUT2D eigenvalue weighted by Crippen LogP contribution is 2.39. The van der Waals surface area contributed by atoms with Gasteiger partial charge in [0.2, 0.25) is 5.78 Å². The Labute approximate surface area is 125 Å². The van der Waals surface area contributed by atoms with Gasteiger partial charge in [0, 0.05) is 12.5 Å². The smallest absolute Gasteiger partial charge is 0.342 e. The van der Waals surface area contributed by atoms with Crippen LogP contribution in [0.15, 0.2) is 11.8 Å². The van der Waals surface area contributed by atoms with E-state index < -0.39 is 38.2 Å². The minimum Gasteiger partial charge on any atom is -0.541 e. The largest absolute Gasteiger partial charge is 0.541 e. The van der Waals surface area contributed by atoms with Gasteiger partial charge in [-0.15, -0.1) is 0 Å². The Hall–Kier alpha value is -1.18. The van der Waals surface area contributed by atoms with Gasteiger partial charge in [-0.25, -0.2) is 4.79 Å². The third-order valence-corrected chi connectivity index (χ3v) is 8.47. The van der Waals surface area contributed by atoms with Crippen molar-refractivity contribution in [3.63, 3.8) is 0 Å². The number of esters is 1. The predicted octanol–water partition coefficient (Wildman–Crippen LogP) is 1.13. The second-order valence-corrected chi connectivity index (χ2v) is 11.6. The Kier molecular flexibility index (Phi) is 4.72. The molecule has 0 saturated carbocycles. The molecule has 0 aromatic heterocycles. The summed E-state index contributed by atoms with van der Waals surface area (Å²) in [6.07, 6.45) is -0.851. The van der Waals surface area contributed by atoms with Gasteiger partial charge in [0.1, 0.15) is 11.9 Å². The molecule has 0 bridgehead atoms. The van der Waals surface area contributed by atoms with Crippen LogP contribution in [0.2, 0.25) is 18.1 Å². The fourth-order valence-corrected chi connectivity index (χ4v) is 2.74. The SMILES string of the molecule is COC(=O)[C@]1(O)C=C(O[Si](C)(C)C(C)(C)C)C(=O)[C@H](O)C1. The van der Waals surface area contributed by atoms with Crippen LogP contribution in [-0.2, 0) is 18.8 Å². The van der Waals surface area contributed by atoms with Gasteiger partial charge in [0.05, 0.1) is 7.11 Å². The molecule has 2 atom stereocenters. The molecule has 0 saturated heterocycles. The Bertz CT molecular complexity index is 476. The van der Waals surface area contributed by atoms with Crippen molar-refractivity contribution in [3.05, 3.63) is 11.8 Å². The van der Waals surface area contributed by atoms with Crippen LogP contribution in [0.3, 0.4) is 0 Å². The van der Waals surface area contributed by atoms with Crippen LogP contribution < -0.4 is 0 Å². The summed E-state index contributed by atoms with van der Waals surface area (Å²) in [5.41, 5.74) is -2.04. The van der Waals surface area contributed by atoms with E-state index >= 15 is 0 Å². The lowest BCUT2D eigenvalue weighted by Crippen LogP contribution is -2.50. The van der Waals surface area contributed by atoms with Crippen LogP contribution in [0.25, 0.3) is 0 Å². The Morgan fingerprint density at radius 2 is 1.95 bits per heavy atom. The highest BCUT2D eigenvalue weighted by molar-refractivity contribution is 6.74. The molecule has 0 amide bonds. The van der Waals surface area contributed by atoms with Gasteiger partial charge >= 0.3 is 5.97 Å². The molecule has 0 radical (unpaired) electrons. The molecule has 0 unspecified atom stereocenters. The quantitative estimate of drug-likeness (QED) is 0.599. The summed E-state index contributed by atoms with van der Waals surface area (Å²) >= 11 is 0. The average molecular weight is 316 g/mol. The van der Waals surface area contributed by atoms with Gasteiger partial charge in [-0.05, 0) is 18.1 Å². The Morgan fingerprint density at radius 1 is 1.43 bits per heavy atom. The number of carbonyl (C=O) groups is 2. The molecule has 1 rings (SSSR count). The fraction of sp³-hybridized carbons (Fsp3) is 0.714. The highest BCUT2D eigenvalue weighted by atomic mass is 28.4. The van der Waals surface area contributed by atoms with E-state index in [4.69, 9.17) is 4.43 Å². The van der Waals surface area contributed by atoms with E-state index in [1.54, 1.807) is 0 Å². The molecular weight excluding hydrogens is 292 g/mol. The van der Waals surface area contributed by atoms with Crippen LogP contribution in [0.4, 0.5) is 0 Å². The zero-order valence-electron chi connectivity index (χ0n) is 13.4. The van der Waals surface area contributed by atoms with E-state index in [2.05, 4.69) is 4.74 Å². The van der Waals surface area contributed by atoms with Gasteiger partial charge in [-0.1, -0.05) is 20.8 Å². The third-order valence-electron chi connectivity index (χ3n) is 4.13. The summed E-state index contributed by atoms with van der Waals surface area (Å²) in [4.78, 5) is 23.7. The van der Waals surface area contributed by atoms with Crippen LogP contribution in [0.5, 0.6) is 0 Å². The lowest BCUT2D eigenvalue weighted by molar-refractivity contribution is -0.162. The van der Waals surface area contributed by atoms with E-state index in [0.717, 1.165) is 13.2 Å². The number of Topliss-reactive ketones (excluding diaryl/α,β-unsaturated/α-hetero) is 1. The molecule has 6 nitrogen and oxygen atoms in total. The first kappa shape index (κ1) is 17.9. The Morgan fingerprint density at radius 3 is 2.38 bits per heavy atom. The van der Waals surface area contributed by atoms with Gasteiger partial charge in [0.15, 0.2) is 5.60 Å². The van der Waals surface area contributed by atoms with Crippen LogP contribution in [0.1, 0.15) is 27.2 Å². The normalized spacial score (nSPS) is 27.1. The number of ketones is 1. The summed E-state index contributed by atoms with van der Waals surface area (Å²) in [7, 11) is -1.20. The maximum absolute atomic E-state index is 12.0. The minimum absolute atomic E-state index is 0.159. The molecule has 1 aliphatic rings. The molecule has 1 aliphatic carbocycles. The van der Waals surface area contributed by atoms with Crippen LogP contribution >= 0.6 is 0 Å². The molecule has 2 N–H and O–H groups in total. The number of aliphatic hydroxyl groups excluding tert-OH is 1. The number of ether oxygens (including phenoxy) is 1. The van der Waals surface area contributed by atoms with Crippen molar-refractivity contribution in [3.8, 4) is 0 Å². The molecular formula is C14H24O6Si. The van der Waals surface area contributed by atoms with Crippen molar-refractivity contribution in [2.45, 2.75) is 57.0 Å². The topological polar surface area (TPSA) is 93.1 Å². The molecule has 0 heterocycles. The number of rotatable bonds is 3. The van der Waals surface area contributed by atoms with Gasteiger partial charge in [0.25, 0.3) is 8.32 Å². The number of hydrogen-bond donors (Lipinski definition) is 2. The van der Waals surface area contributed by atoms with E-state index in [1.807, 2.05) is 33.9 Å². The first-order valence-corrected chi connectivity index (χ1v) is 9.70.